The number of hydrogen-bond acceptors (Lipinski definition) is 2. The number of carbonyl (C=O) groups excluding carboxylic acids is 1. The molecule has 1 amide bonds. The summed E-state index contributed by atoms with van der Waals surface area (Å²) in [4.78, 5) is 11.7. The van der Waals surface area contributed by atoms with E-state index in [0.717, 1.165) is 5.92 Å². The van der Waals surface area contributed by atoms with Crippen molar-refractivity contribution in [1.29, 1.82) is 0 Å². The molecule has 0 bridgehead atoms. The second kappa shape index (κ2) is 6.55. The van der Waals surface area contributed by atoms with E-state index in [2.05, 4.69) is 31.4 Å². The quantitative estimate of drug-likeness (QED) is 0.810. The first-order valence-corrected chi connectivity index (χ1v) is 7.38. The van der Waals surface area contributed by atoms with Crippen LogP contribution in [0.3, 0.4) is 0 Å². The lowest BCUT2D eigenvalue weighted by Gasteiger charge is -2.37. The minimum Gasteiger partial charge on any atom is -0.355 e. The topological polar surface area (TPSA) is 41.1 Å². The van der Waals surface area contributed by atoms with Gasteiger partial charge in [-0.15, -0.1) is 0 Å². The molecule has 1 aliphatic carbocycles. The van der Waals surface area contributed by atoms with Gasteiger partial charge in [-0.25, -0.2) is 0 Å². The van der Waals surface area contributed by atoms with Crippen LogP contribution in [0, 0.1) is 11.3 Å². The highest BCUT2D eigenvalue weighted by atomic mass is 16.2. The molecular weight excluding hydrogens is 224 g/mol. The number of hydrogen-bond donors (Lipinski definition) is 2. The first-order chi connectivity index (χ1) is 8.34. The van der Waals surface area contributed by atoms with Crippen LogP contribution in [0.2, 0.25) is 0 Å². The molecule has 106 valence electrons. The van der Waals surface area contributed by atoms with Crippen molar-refractivity contribution in [2.45, 2.75) is 72.4 Å². The number of rotatable bonds is 4. The van der Waals surface area contributed by atoms with Crippen LogP contribution in [0.1, 0.15) is 60.3 Å². The Hall–Kier alpha value is -0.570. The molecule has 1 aliphatic rings. The lowest BCUT2D eigenvalue weighted by molar-refractivity contribution is -0.122. The summed E-state index contributed by atoms with van der Waals surface area (Å²) in [6, 6.07) is 0.447. The highest BCUT2D eigenvalue weighted by Gasteiger charge is 2.30. The predicted octanol–water partition coefficient (Wildman–Crippen LogP) is 2.71. The van der Waals surface area contributed by atoms with Gasteiger partial charge in [0, 0.05) is 12.6 Å². The standard InChI is InChI=1S/C15H30N2O/c1-6-16-14(18)11(2)17-13-9-7-12(8-10-13)15(3,4)5/h11-13,17H,6-10H2,1-5H3,(H,16,18). The Morgan fingerprint density at radius 1 is 1.22 bits per heavy atom. The van der Waals surface area contributed by atoms with Crippen LogP contribution in [0.25, 0.3) is 0 Å². The fourth-order valence-corrected chi connectivity index (χ4v) is 2.88. The minimum absolute atomic E-state index is 0.0684. The van der Waals surface area contributed by atoms with Crippen molar-refractivity contribution in [2.75, 3.05) is 6.54 Å². The molecule has 1 atom stereocenters. The summed E-state index contributed by atoms with van der Waals surface area (Å²) in [6.07, 6.45) is 4.96. The molecule has 18 heavy (non-hydrogen) atoms. The molecule has 0 aromatic heterocycles. The Kier molecular flexibility index (Phi) is 5.64. The average molecular weight is 254 g/mol. The molecule has 1 fully saturated rings. The highest BCUT2D eigenvalue weighted by molar-refractivity contribution is 5.81. The molecule has 3 nitrogen and oxygen atoms in total. The maximum atomic E-state index is 11.7. The third-order valence-electron chi connectivity index (χ3n) is 4.18. The molecule has 1 saturated carbocycles. The van der Waals surface area contributed by atoms with Gasteiger partial charge in [-0.2, -0.15) is 0 Å². The lowest BCUT2D eigenvalue weighted by Crippen LogP contribution is -2.48. The van der Waals surface area contributed by atoms with Gasteiger partial charge in [0.25, 0.3) is 0 Å². The summed E-state index contributed by atoms with van der Waals surface area (Å²) in [5.74, 6) is 0.950. The van der Waals surface area contributed by atoms with E-state index in [4.69, 9.17) is 0 Å². The zero-order chi connectivity index (χ0) is 13.8. The molecule has 0 aliphatic heterocycles. The van der Waals surface area contributed by atoms with E-state index in [0.29, 0.717) is 18.0 Å². The Morgan fingerprint density at radius 2 is 1.78 bits per heavy atom. The van der Waals surface area contributed by atoms with Crippen molar-refractivity contribution in [3.63, 3.8) is 0 Å². The molecule has 0 saturated heterocycles. The molecule has 0 aromatic rings. The van der Waals surface area contributed by atoms with E-state index in [1.165, 1.54) is 25.7 Å². The molecule has 0 spiro atoms. The van der Waals surface area contributed by atoms with Crippen LogP contribution in [-0.4, -0.2) is 24.5 Å². The van der Waals surface area contributed by atoms with Crippen molar-refractivity contribution < 1.29 is 4.79 Å². The molecule has 0 heterocycles. The Balaban J connectivity index is 2.33. The second-order valence-corrected chi connectivity index (χ2v) is 6.70. The van der Waals surface area contributed by atoms with Gasteiger partial charge in [-0.3, -0.25) is 4.79 Å². The van der Waals surface area contributed by atoms with Crippen molar-refractivity contribution in [3.05, 3.63) is 0 Å². The van der Waals surface area contributed by atoms with E-state index >= 15 is 0 Å². The maximum absolute atomic E-state index is 11.7. The van der Waals surface area contributed by atoms with Gasteiger partial charge < -0.3 is 10.6 Å². The molecule has 1 rings (SSSR count). The zero-order valence-corrected chi connectivity index (χ0v) is 12.7. The van der Waals surface area contributed by atoms with Crippen LogP contribution < -0.4 is 10.6 Å². The fourth-order valence-electron chi connectivity index (χ4n) is 2.88. The first-order valence-electron chi connectivity index (χ1n) is 7.38. The summed E-state index contributed by atoms with van der Waals surface area (Å²) in [5, 5.41) is 6.33. The van der Waals surface area contributed by atoms with Crippen LogP contribution in [0.15, 0.2) is 0 Å². The SMILES string of the molecule is CCNC(=O)C(C)NC1CCC(C(C)(C)C)CC1. The third-order valence-corrected chi connectivity index (χ3v) is 4.18. The van der Waals surface area contributed by atoms with Crippen LogP contribution in [0.5, 0.6) is 0 Å². The highest BCUT2D eigenvalue weighted by Crippen LogP contribution is 2.37. The Morgan fingerprint density at radius 3 is 2.22 bits per heavy atom. The Labute approximate surface area is 112 Å². The van der Waals surface area contributed by atoms with Crippen molar-refractivity contribution in [1.82, 2.24) is 10.6 Å². The summed E-state index contributed by atoms with van der Waals surface area (Å²) < 4.78 is 0. The maximum Gasteiger partial charge on any atom is 0.236 e. The molecule has 2 N–H and O–H groups in total. The van der Waals surface area contributed by atoms with Gasteiger partial charge in [-0.1, -0.05) is 20.8 Å². The zero-order valence-electron chi connectivity index (χ0n) is 12.7. The summed E-state index contributed by atoms with van der Waals surface area (Å²) in [6.45, 7) is 11.6. The third kappa shape index (κ3) is 4.60. The largest absolute Gasteiger partial charge is 0.355 e. The molecular formula is C15H30N2O. The van der Waals surface area contributed by atoms with Gasteiger partial charge in [0.05, 0.1) is 6.04 Å². The van der Waals surface area contributed by atoms with Crippen LogP contribution in [0.4, 0.5) is 0 Å². The molecule has 3 heteroatoms. The summed E-state index contributed by atoms with van der Waals surface area (Å²) in [5.41, 5.74) is 0.427. The normalized spacial score (nSPS) is 26.7. The minimum atomic E-state index is -0.0684. The van der Waals surface area contributed by atoms with Gasteiger partial charge in [-0.05, 0) is 50.9 Å². The van der Waals surface area contributed by atoms with Crippen molar-refractivity contribution >= 4 is 5.91 Å². The predicted molar refractivity (Wildman–Crippen MR) is 76.5 cm³/mol. The second-order valence-electron chi connectivity index (χ2n) is 6.70. The molecule has 0 aromatic carbocycles. The van der Waals surface area contributed by atoms with Gasteiger partial charge in [0.1, 0.15) is 0 Å². The average Bonchev–Trinajstić information content (AvgIpc) is 2.28. The number of amides is 1. The monoisotopic (exact) mass is 254 g/mol. The van der Waals surface area contributed by atoms with Gasteiger partial charge in [0.2, 0.25) is 5.91 Å². The Bertz CT molecular complexity index is 262. The molecule has 0 radical (unpaired) electrons. The number of likely N-dealkylation sites (N-methyl/N-ethyl adjacent to an activating group) is 1. The van der Waals surface area contributed by atoms with Crippen molar-refractivity contribution in [3.8, 4) is 0 Å². The lowest BCUT2D eigenvalue weighted by atomic mass is 9.71. The van der Waals surface area contributed by atoms with Crippen LogP contribution in [-0.2, 0) is 4.79 Å². The number of nitrogens with one attached hydrogen (secondary N) is 2. The van der Waals surface area contributed by atoms with Gasteiger partial charge >= 0.3 is 0 Å². The van der Waals surface area contributed by atoms with E-state index in [1.807, 2.05) is 13.8 Å². The molecule has 1 unspecified atom stereocenters. The van der Waals surface area contributed by atoms with Crippen LogP contribution >= 0.6 is 0 Å². The van der Waals surface area contributed by atoms with E-state index < -0.39 is 0 Å². The van der Waals surface area contributed by atoms with Gasteiger partial charge in [0.15, 0.2) is 0 Å². The van der Waals surface area contributed by atoms with E-state index in [9.17, 15) is 4.79 Å². The summed E-state index contributed by atoms with van der Waals surface area (Å²) >= 11 is 0. The first kappa shape index (κ1) is 15.5. The van der Waals surface area contributed by atoms with E-state index in [1.54, 1.807) is 0 Å². The number of carbonyl (C=O) groups is 1. The van der Waals surface area contributed by atoms with E-state index in [-0.39, 0.29) is 11.9 Å². The fraction of sp³-hybridized carbons (Fsp3) is 0.933. The van der Waals surface area contributed by atoms with Crippen molar-refractivity contribution in [2.24, 2.45) is 11.3 Å². The summed E-state index contributed by atoms with van der Waals surface area (Å²) in [7, 11) is 0. The smallest absolute Gasteiger partial charge is 0.236 e.